The molecule has 1 fully saturated rings. The average molecular weight is 172 g/mol. The summed E-state index contributed by atoms with van der Waals surface area (Å²) in [6.45, 7) is 5.98. The lowest BCUT2D eigenvalue weighted by molar-refractivity contribution is -0.146. The van der Waals surface area contributed by atoms with Gasteiger partial charge < -0.3 is 4.74 Å². The van der Waals surface area contributed by atoms with Gasteiger partial charge in [-0.3, -0.25) is 14.6 Å². The van der Waals surface area contributed by atoms with E-state index in [2.05, 4.69) is 23.8 Å². The minimum atomic E-state index is -0.211. The standard InChI is InChI=1S/C8H16N2O2/c1-7-9(3)4-5-10(7)6-12-8(2)11/h7H,4-6H2,1-3H3. The zero-order valence-electron chi connectivity index (χ0n) is 7.91. The summed E-state index contributed by atoms with van der Waals surface area (Å²) >= 11 is 0. The monoisotopic (exact) mass is 172 g/mol. The summed E-state index contributed by atoms with van der Waals surface area (Å²) in [6.07, 6.45) is 0.379. The third kappa shape index (κ3) is 2.19. The fraction of sp³-hybridized carbons (Fsp3) is 0.875. The molecule has 0 aliphatic carbocycles. The summed E-state index contributed by atoms with van der Waals surface area (Å²) in [4.78, 5) is 14.9. The molecule has 0 spiro atoms. The molecule has 0 aromatic heterocycles. The number of esters is 1. The zero-order chi connectivity index (χ0) is 9.14. The van der Waals surface area contributed by atoms with E-state index in [0.717, 1.165) is 13.1 Å². The van der Waals surface area contributed by atoms with E-state index in [1.807, 2.05) is 0 Å². The number of rotatable bonds is 2. The van der Waals surface area contributed by atoms with Gasteiger partial charge in [-0.2, -0.15) is 0 Å². The molecule has 1 aliphatic rings. The van der Waals surface area contributed by atoms with E-state index in [-0.39, 0.29) is 5.97 Å². The van der Waals surface area contributed by atoms with Crippen molar-refractivity contribution in [2.45, 2.75) is 20.0 Å². The van der Waals surface area contributed by atoms with Crippen LogP contribution >= 0.6 is 0 Å². The molecule has 0 aromatic carbocycles. The first-order valence-electron chi connectivity index (χ1n) is 4.19. The lowest BCUT2D eigenvalue weighted by Gasteiger charge is -2.23. The number of hydrogen-bond donors (Lipinski definition) is 0. The van der Waals surface area contributed by atoms with Gasteiger partial charge in [-0.1, -0.05) is 0 Å². The van der Waals surface area contributed by atoms with Gasteiger partial charge >= 0.3 is 5.97 Å². The molecule has 0 N–H and O–H groups in total. The van der Waals surface area contributed by atoms with Crippen LogP contribution in [0.2, 0.25) is 0 Å². The molecule has 0 bridgehead atoms. The first kappa shape index (κ1) is 9.48. The Kier molecular flexibility index (Phi) is 3.05. The summed E-state index contributed by atoms with van der Waals surface area (Å²) in [5.74, 6) is -0.211. The second-order valence-electron chi connectivity index (χ2n) is 3.19. The molecule has 1 aliphatic heterocycles. The van der Waals surface area contributed by atoms with Crippen LogP contribution in [0.5, 0.6) is 0 Å². The van der Waals surface area contributed by atoms with Gasteiger partial charge in [0.05, 0.1) is 6.17 Å². The largest absolute Gasteiger partial charge is 0.450 e. The van der Waals surface area contributed by atoms with Crippen molar-refractivity contribution in [2.75, 3.05) is 26.9 Å². The summed E-state index contributed by atoms with van der Waals surface area (Å²) in [5.41, 5.74) is 0. The van der Waals surface area contributed by atoms with Gasteiger partial charge in [-0.15, -0.1) is 0 Å². The first-order chi connectivity index (χ1) is 5.61. The van der Waals surface area contributed by atoms with Crippen LogP contribution in [0.15, 0.2) is 0 Å². The third-order valence-electron chi connectivity index (χ3n) is 2.34. The highest BCUT2D eigenvalue weighted by atomic mass is 16.5. The maximum atomic E-state index is 10.5. The van der Waals surface area contributed by atoms with E-state index < -0.39 is 0 Å². The molecule has 1 heterocycles. The van der Waals surface area contributed by atoms with Crippen LogP contribution in [0.4, 0.5) is 0 Å². The highest BCUT2D eigenvalue weighted by Crippen LogP contribution is 2.10. The number of likely N-dealkylation sites (N-methyl/N-ethyl adjacent to an activating group) is 1. The highest BCUT2D eigenvalue weighted by molar-refractivity contribution is 5.65. The summed E-state index contributed by atoms with van der Waals surface area (Å²) in [5, 5.41) is 0. The quantitative estimate of drug-likeness (QED) is 0.553. The van der Waals surface area contributed by atoms with Crippen LogP contribution in [-0.4, -0.2) is 48.8 Å². The lowest BCUT2D eigenvalue weighted by atomic mass is 10.5. The molecular weight excluding hydrogens is 156 g/mol. The van der Waals surface area contributed by atoms with Crippen molar-refractivity contribution in [3.05, 3.63) is 0 Å². The van der Waals surface area contributed by atoms with Gasteiger partial charge in [0, 0.05) is 20.0 Å². The Bertz CT molecular complexity index is 172. The van der Waals surface area contributed by atoms with Crippen LogP contribution in [0, 0.1) is 0 Å². The highest BCUT2D eigenvalue weighted by Gasteiger charge is 2.25. The van der Waals surface area contributed by atoms with E-state index in [4.69, 9.17) is 4.74 Å². The van der Waals surface area contributed by atoms with Gasteiger partial charge in [0.25, 0.3) is 0 Å². The van der Waals surface area contributed by atoms with Crippen LogP contribution in [-0.2, 0) is 9.53 Å². The Hall–Kier alpha value is -0.610. The van der Waals surface area contributed by atoms with Crippen LogP contribution in [0.1, 0.15) is 13.8 Å². The number of hydrogen-bond acceptors (Lipinski definition) is 4. The maximum Gasteiger partial charge on any atom is 0.303 e. The SMILES string of the molecule is CC(=O)OCN1CCN(C)C1C. The summed E-state index contributed by atoms with van der Waals surface area (Å²) in [7, 11) is 2.07. The Morgan fingerprint density at radius 1 is 1.58 bits per heavy atom. The molecule has 1 unspecified atom stereocenters. The summed E-state index contributed by atoms with van der Waals surface area (Å²) < 4.78 is 4.90. The van der Waals surface area contributed by atoms with Gasteiger partial charge in [0.1, 0.15) is 6.73 Å². The van der Waals surface area contributed by atoms with Crippen molar-refractivity contribution >= 4 is 5.97 Å². The Morgan fingerprint density at radius 3 is 2.67 bits per heavy atom. The van der Waals surface area contributed by atoms with E-state index in [0.29, 0.717) is 12.9 Å². The molecule has 0 saturated carbocycles. The van der Waals surface area contributed by atoms with Crippen molar-refractivity contribution < 1.29 is 9.53 Å². The smallest absolute Gasteiger partial charge is 0.303 e. The predicted molar refractivity (Wildman–Crippen MR) is 45.4 cm³/mol. The molecule has 1 saturated heterocycles. The van der Waals surface area contributed by atoms with Gasteiger partial charge in [-0.05, 0) is 14.0 Å². The fourth-order valence-corrected chi connectivity index (χ4v) is 1.28. The summed E-state index contributed by atoms with van der Waals surface area (Å²) in [6, 6.07) is 0. The van der Waals surface area contributed by atoms with Crippen LogP contribution in [0.25, 0.3) is 0 Å². The minimum absolute atomic E-state index is 0.211. The second kappa shape index (κ2) is 3.87. The van der Waals surface area contributed by atoms with E-state index in [1.54, 1.807) is 0 Å². The molecule has 4 heteroatoms. The zero-order valence-corrected chi connectivity index (χ0v) is 7.91. The first-order valence-corrected chi connectivity index (χ1v) is 4.19. The van der Waals surface area contributed by atoms with Crippen molar-refractivity contribution in [2.24, 2.45) is 0 Å². The maximum absolute atomic E-state index is 10.5. The molecule has 12 heavy (non-hydrogen) atoms. The minimum Gasteiger partial charge on any atom is -0.450 e. The molecule has 1 rings (SSSR count). The molecule has 4 nitrogen and oxygen atoms in total. The Morgan fingerprint density at radius 2 is 2.25 bits per heavy atom. The predicted octanol–water partition coefficient (Wildman–Crippen LogP) is 0.100. The number of carbonyl (C=O) groups excluding carboxylic acids is 1. The Balaban J connectivity index is 2.29. The van der Waals surface area contributed by atoms with Gasteiger partial charge in [-0.25, -0.2) is 0 Å². The van der Waals surface area contributed by atoms with Crippen LogP contribution < -0.4 is 0 Å². The van der Waals surface area contributed by atoms with Gasteiger partial charge in [0.15, 0.2) is 0 Å². The molecule has 1 atom stereocenters. The Labute approximate surface area is 73.1 Å². The van der Waals surface area contributed by atoms with Gasteiger partial charge in [0.2, 0.25) is 0 Å². The van der Waals surface area contributed by atoms with E-state index >= 15 is 0 Å². The molecular formula is C8H16N2O2. The number of ether oxygens (including phenoxy) is 1. The van der Waals surface area contributed by atoms with Crippen molar-refractivity contribution in [1.29, 1.82) is 0 Å². The van der Waals surface area contributed by atoms with Crippen molar-refractivity contribution in [3.8, 4) is 0 Å². The van der Waals surface area contributed by atoms with Crippen LogP contribution in [0.3, 0.4) is 0 Å². The fourth-order valence-electron chi connectivity index (χ4n) is 1.28. The molecule has 0 aromatic rings. The van der Waals surface area contributed by atoms with Crippen molar-refractivity contribution in [3.63, 3.8) is 0 Å². The van der Waals surface area contributed by atoms with E-state index in [1.165, 1.54) is 6.92 Å². The molecule has 0 radical (unpaired) electrons. The molecule has 0 amide bonds. The lowest BCUT2D eigenvalue weighted by Crippen LogP contribution is -2.35. The average Bonchev–Trinajstić information content (AvgIpc) is 2.30. The van der Waals surface area contributed by atoms with Crippen molar-refractivity contribution in [1.82, 2.24) is 9.80 Å². The topological polar surface area (TPSA) is 32.8 Å². The third-order valence-corrected chi connectivity index (χ3v) is 2.34. The molecule has 70 valence electrons. The number of carbonyl (C=O) groups is 1. The normalized spacial score (nSPS) is 26.1. The second-order valence-corrected chi connectivity index (χ2v) is 3.19. The number of nitrogens with zero attached hydrogens (tertiary/aromatic N) is 2. The van der Waals surface area contributed by atoms with E-state index in [9.17, 15) is 4.79 Å².